The molecule has 0 saturated heterocycles. The second-order valence-corrected chi connectivity index (χ2v) is 7.81. The number of nitrogens with one attached hydrogen (secondary N) is 1. The molecule has 3 N–H and O–H groups in total. The van der Waals surface area contributed by atoms with Gasteiger partial charge in [-0.15, -0.1) is 0 Å². The number of para-hydroxylation sites is 1. The first-order chi connectivity index (χ1) is 12.0. The molecule has 0 aromatic heterocycles. The van der Waals surface area contributed by atoms with E-state index in [1.54, 1.807) is 4.90 Å². The van der Waals surface area contributed by atoms with E-state index in [4.69, 9.17) is 5.73 Å². The maximum Gasteiger partial charge on any atom is 0.319 e. The number of anilines is 1. The number of benzene rings is 1. The molecule has 1 aromatic carbocycles. The second kappa shape index (κ2) is 9.81. The number of nitrogens with two attached hydrogens (primary N) is 1. The molecular weight excluding hydrogens is 310 g/mol. The zero-order valence-corrected chi connectivity index (χ0v) is 16.1. The Morgan fingerprint density at radius 2 is 1.80 bits per heavy atom. The Labute approximate surface area is 153 Å². The molecule has 4 heteroatoms. The van der Waals surface area contributed by atoms with Gasteiger partial charge < -0.3 is 11.1 Å². The summed E-state index contributed by atoms with van der Waals surface area (Å²) in [5.74, 6) is 0.859. The third kappa shape index (κ3) is 6.03. The van der Waals surface area contributed by atoms with Gasteiger partial charge in [-0.25, -0.2) is 4.79 Å². The lowest BCUT2D eigenvalue weighted by Crippen LogP contribution is -2.41. The zero-order valence-electron chi connectivity index (χ0n) is 16.1. The molecule has 25 heavy (non-hydrogen) atoms. The molecule has 0 spiro atoms. The van der Waals surface area contributed by atoms with Gasteiger partial charge >= 0.3 is 6.03 Å². The van der Waals surface area contributed by atoms with Crippen LogP contribution in [0.4, 0.5) is 10.5 Å². The molecule has 0 bridgehead atoms. The number of nitrogens with zero attached hydrogens (tertiary/aromatic N) is 1. The van der Waals surface area contributed by atoms with Gasteiger partial charge in [-0.1, -0.05) is 56.7 Å². The van der Waals surface area contributed by atoms with Gasteiger partial charge in [-0.05, 0) is 44.7 Å². The number of amides is 2. The van der Waals surface area contributed by atoms with Gasteiger partial charge in [0.25, 0.3) is 0 Å². The lowest BCUT2D eigenvalue weighted by Gasteiger charge is -2.28. The number of hydrogen-bond donors (Lipinski definition) is 2. The minimum absolute atomic E-state index is 0.0436. The quantitative estimate of drug-likeness (QED) is 0.696. The number of urea groups is 1. The van der Waals surface area contributed by atoms with Gasteiger partial charge in [0.15, 0.2) is 0 Å². The minimum atomic E-state index is -0.394. The zero-order chi connectivity index (χ0) is 18.2. The lowest BCUT2D eigenvalue weighted by molar-refractivity contribution is 0.252. The van der Waals surface area contributed by atoms with Crippen LogP contribution < -0.4 is 16.0 Å². The number of rotatable bonds is 7. The van der Waals surface area contributed by atoms with E-state index >= 15 is 0 Å². The fraction of sp³-hybridized carbons (Fsp3) is 0.667. The summed E-state index contributed by atoms with van der Waals surface area (Å²) in [4.78, 5) is 13.5. The predicted octanol–water partition coefficient (Wildman–Crippen LogP) is 4.82. The van der Waals surface area contributed by atoms with Crippen LogP contribution in [0.5, 0.6) is 0 Å². The summed E-state index contributed by atoms with van der Waals surface area (Å²) in [6, 6.07) is 8.19. The summed E-state index contributed by atoms with van der Waals surface area (Å²) in [6.07, 6.45) is 9.60. The number of carbonyl (C=O) groups is 1. The Hall–Kier alpha value is -1.55. The molecule has 0 aliphatic heterocycles. The molecule has 1 fully saturated rings. The standard InChI is InChI=1S/C21H35N3O/c1-16(2)24(21(22)25)20-13-9-8-12-19(20)15-23-17(3)14-18-10-6-4-5-7-11-18/h8-9,12-13,16-18,23H,4-7,10-11,14-15H2,1-3H3,(H2,22,25)/t17-/m0/s1. The third-order valence-corrected chi connectivity index (χ3v) is 5.31. The summed E-state index contributed by atoms with van der Waals surface area (Å²) in [5.41, 5.74) is 7.64. The van der Waals surface area contributed by atoms with Crippen LogP contribution in [-0.4, -0.2) is 18.1 Å². The second-order valence-electron chi connectivity index (χ2n) is 7.81. The van der Waals surface area contributed by atoms with Crippen molar-refractivity contribution in [3.63, 3.8) is 0 Å². The fourth-order valence-electron chi connectivity index (χ4n) is 4.01. The molecule has 0 unspecified atom stereocenters. The Morgan fingerprint density at radius 1 is 1.16 bits per heavy atom. The van der Waals surface area contributed by atoms with Gasteiger partial charge in [-0.2, -0.15) is 0 Å². The van der Waals surface area contributed by atoms with E-state index in [0.717, 1.165) is 23.7 Å². The summed E-state index contributed by atoms with van der Waals surface area (Å²) in [6.45, 7) is 7.02. The average molecular weight is 346 g/mol. The molecule has 4 nitrogen and oxygen atoms in total. The van der Waals surface area contributed by atoms with Crippen molar-refractivity contribution in [2.24, 2.45) is 11.7 Å². The van der Waals surface area contributed by atoms with Crippen LogP contribution in [0.1, 0.15) is 71.3 Å². The van der Waals surface area contributed by atoms with Crippen molar-refractivity contribution >= 4 is 11.7 Å². The summed E-state index contributed by atoms with van der Waals surface area (Å²) >= 11 is 0. The van der Waals surface area contributed by atoms with Crippen molar-refractivity contribution in [3.8, 4) is 0 Å². The number of primary amides is 1. The smallest absolute Gasteiger partial charge is 0.319 e. The maximum absolute atomic E-state index is 11.9. The van der Waals surface area contributed by atoms with Crippen molar-refractivity contribution in [1.82, 2.24) is 5.32 Å². The Morgan fingerprint density at radius 3 is 2.40 bits per heavy atom. The van der Waals surface area contributed by atoms with Crippen LogP contribution >= 0.6 is 0 Å². The van der Waals surface area contributed by atoms with E-state index in [9.17, 15) is 4.79 Å². The molecule has 2 rings (SSSR count). The van der Waals surface area contributed by atoms with E-state index in [-0.39, 0.29) is 6.04 Å². The van der Waals surface area contributed by atoms with E-state index in [0.29, 0.717) is 6.04 Å². The van der Waals surface area contributed by atoms with Gasteiger partial charge in [0.05, 0.1) is 5.69 Å². The summed E-state index contributed by atoms with van der Waals surface area (Å²) < 4.78 is 0. The highest BCUT2D eigenvalue weighted by Gasteiger charge is 2.20. The highest BCUT2D eigenvalue weighted by Crippen LogP contribution is 2.27. The Kier molecular flexibility index (Phi) is 7.76. The van der Waals surface area contributed by atoms with Gasteiger partial charge in [0.1, 0.15) is 0 Å². The van der Waals surface area contributed by atoms with Crippen LogP contribution in [-0.2, 0) is 6.54 Å². The Balaban J connectivity index is 1.97. The monoisotopic (exact) mass is 345 g/mol. The molecule has 0 heterocycles. The van der Waals surface area contributed by atoms with Crippen molar-refractivity contribution in [1.29, 1.82) is 0 Å². The van der Waals surface area contributed by atoms with E-state index in [1.807, 2.05) is 32.0 Å². The highest BCUT2D eigenvalue weighted by atomic mass is 16.2. The minimum Gasteiger partial charge on any atom is -0.351 e. The fourth-order valence-corrected chi connectivity index (χ4v) is 4.01. The first kappa shape index (κ1) is 19.8. The first-order valence-electron chi connectivity index (χ1n) is 9.89. The third-order valence-electron chi connectivity index (χ3n) is 5.31. The van der Waals surface area contributed by atoms with E-state index in [1.165, 1.54) is 44.9 Å². The first-order valence-corrected chi connectivity index (χ1v) is 9.89. The molecule has 1 aliphatic carbocycles. The Bertz CT molecular complexity index is 536. The average Bonchev–Trinajstić information content (AvgIpc) is 2.82. The van der Waals surface area contributed by atoms with Crippen LogP contribution in [0.25, 0.3) is 0 Å². The van der Waals surface area contributed by atoms with Crippen molar-refractivity contribution < 1.29 is 4.79 Å². The van der Waals surface area contributed by atoms with Crippen LogP contribution in [0.15, 0.2) is 24.3 Å². The van der Waals surface area contributed by atoms with E-state index in [2.05, 4.69) is 18.3 Å². The van der Waals surface area contributed by atoms with E-state index < -0.39 is 6.03 Å². The van der Waals surface area contributed by atoms with Gasteiger partial charge in [0, 0.05) is 18.6 Å². The molecule has 1 saturated carbocycles. The number of hydrogen-bond acceptors (Lipinski definition) is 2. The van der Waals surface area contributed by atoms with Gasteiger partial charge in [-0.3, -0.25) is 4.90 Å². The summed E-state index contributed by atoms with van der Waals surface area (Å²) in [7, 11) is 0. The molecule has 2 amide bonds. The predicted molar refractivity (Wildman–Crippen MR) is 106 cm³/mol. The topological polar surface area (TPSA) is 58.4 Å². The van der Waals surface area contributed by atoms with Crippen LogP contribution in [0, 0.1) is 5.92 Å². The van der Waals surface area contributed by atoms with Crippen molar-refractivity contribution in [2.75, 3.05) is 4.90 Å². The molecule has 1 aliphatic rings. The normalized spacial score (nSPS) is 17.3. The number of carbonyl (C=O) groups excluding carboxylic acids is 1. The van der Waals surface area contributed by atoms with Crippen LogP contribution in [0.2, 0.25) is 0 Å². The maximum atomic E-state index is 11.9. The van der Waals surface area contributed by atoms with Crippen molar-refractivity contribution in [3.05, 3.63) is 29.8 Å². The molecule has 140 valence electrons. The summed E-state index contributed by atoms with van der Waals surface area (Å²) in [5, 5.41) is 3.66. The molecular formula is C21H35N3O. The van der Waals surface area contributed by atoms with Gasteiger partial charge in [0.2, 0.25) is 0 Å². The largest absolute Gasteiger partial charge is 0.351 e. The highest BCUT2D eigenvalue weighted by molar-refractivity contribution is 5.92. The molecule has 1 atom stereocenters. The van der Waals surface area contributed by atoms with Crippen molar-refractivity contribution in [2.45, 2.75) is 84.3 Å². The SMILES string of the molecule is CC(C)N(C(N)=O)c1ccccc1CN[C@@H](C)CC1CCCCCC1. The van der Waals surface area contributed by atoms with Crippen LogP contribution in [0.3, 0.4) is 0 Å². The molecule has 0 radical (unpaired) electrons. The lowest BCUT2D eigenvalue weighted by atomic mass is 9.93. The molecule has 1 aromatic rings.